The van der Waals surface area contributed by atoms with E-state index in [1.54, 1.807) is 24.4 Å². The quantitative estimate of drug-likeness (QED) is 0.819. The van der Waals surface area contributed by atoms with Gasteiger partial charge in [0.1, 0.15) is 0 Å². The molecule has 2 nitrogen and oxygen atoms in total. The van der Waals surface area contributed by atoms with Crippen molar-refractivity contribution < 1.29 is 9.13 Å². The normalized spacial score (nSPS) is 10.2. The highest BCUT2D eigenvalue weighted by Crippen LogP contribution is 2.31. The molecule has 0 radical (unpaired) electrons. The lowest BCUT2D eigenvalue weighted by Gasteiger charge is -2.07. The molecule has 0 amide bonds. The Bertz CT molecular complexity index is 521. The van der Waals surface area contributed by atoms with Crippen LogP contribution in [0.5, 0.6) is 11.6 Å². The summed E-state index contributed by atoms with van der Waals surface area (Å²) in [6, 6.07) is 8.05. The second-order valence-corrected chi connectivity index (χ2v) is 4.21. The molecule has 0 aliphatic heterocycles. The smallest absolute Gasteiger partial charge is 0.233 e. The van der Waals surface area contributed by atoms with Crippen molar-refractivity contribution in [3.8, 4) is 11.6 Å². The third-order valence-corrected chi connectivity index (χ3v) is 2.74. The molecule has 0 atom stereocenters. The minimum atomic E-state index is -0.596. The summed E-state index contributed by atoms with van der Waals surface area (Å²) in [5.74, 6) is -0.253. The molecule has 2 rings (SSSR count). The van der Waals surface area contributed by atoms with Crippen LogP contribution in [0.15, 0.2) is 41.0 Å². The van der Waals surface area contributed by atoms with Gasteiger partial charge in [-0.25, -0.2) is 9.37 Å². The van der Waals surface area contributed by atoms with Gasteiger partial charge in [0, 0.05) is 6.20 Å². The van der Waals surface area contributed by atoms with Gasteiger partial charge in [0.15, 0.2) is 11.6 Å². The molecule has 16 heavy (non-hydrogen) atoms. The Morgan fingerprint density at radius 2 is 2.06 bits per heavy atom. The van der Waals surface area contributed by atoms with Gasteiger partial charge < -0.3 is 4.74 Å². The largest absolute Gasteiger partial charge is 0.435 e. The van der Waals surface area contributed by atoms with Gasteiger partial charge in [0.05, 0.1) is 9.50 Å². The number of halogens is 3. The van der Waals surface area contributed by atoms with Crippen molar-refractivity contribution in [2.45, 2.75) is 0 Å². The maximum Gasteiger partial charge on any atom is 0.233 e. The van der Waals surface area contributed by atoms with Crippen molar-refractivity contribution in [3.63, 3.8) is 0 Å². The number of rotatable bonds is 2. The van der Waals surface area contributed by atoms with Crippen LogP contribution in [-0.2, 0) is 0 Å². The van der Waals surface area contributed by atoms with Crippen LogP contribution >= 0.6 is 27.5 Å². The Morgan fingerprint density at radius 3 is 2.81 bits per heavy atom. The number of nitrogens with zero attached hydrogens (tertiary/aromatic N) is 1. The van der Waals surface area contributed by atoms with Gasteiger partial charge in [-0.15, -0.1) is 0 Å². The first-order valence-corrected chi connectivity index (χ1v) is 5.58. The Morgan fingerprint density at radius 1 is 1.25 bits per heavy atom. The van der Waals surface area contributed by atoms with Crippen LogP contribution in [0.1, 0.15) is 0 Å². The molecule has 0 aliphatic carbocycles. The average Bonchev–Trinajstić information content (AvgIpc) is 2.28. The second-order valence-electron chi connectivity index (χ2n) is 2.94. The molecule has 0 saturated carbocycles. The van der Waals surface area contributed by atoms with E-state index in [1.807, 2.05) is 0 Å². The molecular weight excluding hydrogens is 296 g/mol. The summed E-state index contributed by atoms with van der Waals surface area (Å²) in [6.45, 7) is 0. The van der Waals surface area contributed by atoms with E-state index in [9.17, 15) is 4.39 Å². The predicted molar refractivity (Wildman–Crippen MR) is 63.4 cm³/mol. The number of ether oxygens (including phenoxy) is 1. The molecule has 5 heteroatoms. The van der Waals surface area contributed by atoms with Crippen molar-refractivity contribution in [2.75, 3.05) is 0 Å². The van der Waals surface area contributed by atoms with Gasteiger partial charge in [-0.2, -0.15) is 0 Å². The Hall–Kier alpha value is -1.13. The molecule has 0 unspecified atom stereocenters. The number of benzene rings is 1. The zero-order valence-corrected chi connectivity index (χ0v) is 10.3. The third-order valence-electron chi connectivity index (χ3n) is 1.85. The molecule has 0 fully saturated rings. The minimum absolute atomic E-state index is 0.0181. The van der Waals surface area contributed by atoms with E-state index in [4.69, 9.17) is 16.3 Å². The summed E-state index contributed by atoms with van der Waals surface area (Å²) in [7, 11) is 0. The summed E-state index contributed by atoms with van der Waals surface area (Å²) in [5.41, 5.74) is 0. The zero-order chi connectivity index (χ0) is 11.5. The Labute approximate surface area is 105 Å². The number of hydrogen-bond donors (Lipinski definition) is 0. The molecule has 82 valence electrons. The summed E-state index contributed by atoms with van der Waals surface area (Å²) >= 11 is 8.89. The number of aromatic nitrogens is 1. The van der Waals surface area contributed by atoms with E-state index in [1.165, 1.54) is 12.1 Å². The van der Waals surface area contributed by atoms with E-state index in [0.717, 1.165) is 0 Å². The number of hydrogen-bond acceptors (Lipinski definition) is 2. The minimum Gasteiger partial charge on any atom is -0.435 e. The zero-order valence-electron chi connectivity index (χ0n) is 7.95. The fourth-order valence-corrected chi connectivity index (χ4v) is 1.62. The lowest BCUT2D eigenvalue weighted by molar-refractivity contribution is 0.425. The monoisotopic (exact) mass is 301 g/mol. The van der Waals surface area contributed by atoms with Crippen molar-refractivity contribution in [1.82, 2.24) is 4.98 Å². The standard InChI is InChI=1S/C11H6BrClFNO/c12-7-3-2-6-15-11(7)16-9-5-1-4-8(13)10(9)14/h1-6H. The van der Waals surface area contributed by atoms with Gasteiger partial charge in [0.2, 0.25) is 5.88 Å². The fourth-order valence-electron chi connectivity index (χ4n) is 1.11. The van der Waals surface area contributed by atoms with Gasteiger partial charge in [0.25, 0.3) is 0 Å². The van der Waals surface area contributed by atoms with Gasteiger partial charge in [-0.05, 0) is 40.2 Å². The average molecular weight is 303 g/mol. The highest BCUT2D eigenvalue weighted by Gasteiger charge is 2.10. The highest BCUT2D eigenvalue weighted by atomic mass is 79.9. The fraction of sp³-hybridized carbons (Fsp3) is 0. The Kier molecular flexibility index (Phi) is 3.41. The van der Waals surface area contributed by atoms with Crippen molar-refractivity contribution >= 4 is 27.5 Å². The molecule has 1 aromatic carbocycles. The molecule has 0 aliphatic rings. The SMILES string of the molecule is Fc1c(Cl)cccc1Oc1ncccc1Br. The first kappa shape index (κ1) is 11.4. The summed E-state index contributed by atoms with van der Waals surface area (Å²) in [4.78, 5) is 3.97. The molecule has 0 saturated heterocycles. The van der Waals surface area contributed by atoms with E-state index in [-0.39, 0.29) is 10.8 Å². The molecule has 1 aromatic heterocycles. The topological polar surface area (TPSA) is 22.1 Å². The number of pyridine rings is 1. The van der Waals surface area contributed by atoms with Crippen LogP contribution in [0, 0.1) is 5.82 Å². The molecule has 0 spiro atoms. The second kappa shape index (κ2) is 4.80. The first-order chi connectivity index (χ1) is 7.68. The van der Waals surface area contributed by atoms with Crippen LogP contribution in [0.25, 0.3) is 0 Å². The summed E-state index contributed by atoms with van der Waals surface area (Å²) < 4.78 is 19.5. The molecule has 0 bridgehead atoms. The summed E-state index contributed by atoms with van der Waals surface area (Å²) in [5, 5.41) is 0.0181. The molecular formula is C11H6BrClFNO. The maximum absolute atomic E-state index is 13.5. The maximum atomic E-state index is 13.5. The van der Waals surface area contributed by atoms with Crippen LogP contribution in [0.3, 0.4) is 0 Å². The van der Waals surface area contributed by atoms with Crippen LogP contribution in [0.2, 0.25) is 5.02 Å². The third kappa shape index (κ3) is 2.33. The van der Waals surface area contributed by atoms with Gasteiger partial charge >= 0.3 is 0 Å². The van der Waals surface area contributed by atoms with Gasteiger partial charge in [-0.1, -0.05) is 17.7 Å². The molecule has 0 N–H and O–H groups in total. The van der Waals surface area contributed by atoms with E-state index >= 15 is 0 Å². The summed E-state index contributed by atoms with van der Waals surface area (Å²) in [6.07, 6.45) is 1.56. The lowest BCUT2D eigenvalue weighted by Crippen LogP contribution is -1.91. The van der Waals surface area contributed by atoms with Crippen LogP contribution in [0.4, 0.5) is 4.39 Å². The highest BCUT2D eigenvalue weighted by molar-refractivity contribution is 9.10. The van der Waals surface area contributed by atoms with E-state index in [2.05, 4.69) is 20.9 Å². The molecule has 1 heterocycles. The lowest BCUT2D eigenvalue weighted by atomic mass is 10.3. The van der Waals surface area contributed by atoms with Crippen molar-refractivity contribution in [3.05, 3.63) is 51.8 Å². The van der Waals surface area contributed by atoms with Crippen LogP contribution in [-0.4, -0.2) is 4.98 Å². The molecule has 2 aromatic rings. The van der Waals surface area contributed by atoms with Crippen LogP contribution < -0.4 is 4.74 Å². The van der Waals surface area contributed by atoms with Crippen molar-refractivity contribution in [1.29, 1.82) is 0 Å². The van der Waals surface area contributed by atoms with Gasteiger partial charge in [-0.3, -0.25) is 0 Å². The van der Waals surface area contributed by atoms with E-state index < -0.39 is 5.82 Å². The Balaban J connectivity index is 2.35. The first-order valence-electron chi connectivity index (χ1n) is 4.41. The predicted octanol–water partition coefficient (Wildman–Crippen LogP) is 4.43. The van der Waals surface area contributed by atoms with E-state index in [0.29, 0.717) is 10.4 Å². The van der Waals surface area contributed by atoms with Crippen molar-refractivity contribution in [2.24, 2.45) is 0 Å².